The Morgan fingerprint density at radius 1 is 0.800 bits per heavy atom. The van der Waals surface area contributed by atoms with Crippen molar-refractivity contribution in [2.24, 2.45) is 0 Å². The summed E-state index contributed by atoms with van der Waals surface area (Å²) in [6.07, 6.45) is 12.6. The number of hydrogen-bond acceptors (Lipinski definition) is 3. The van der Waals surface area contributed by atoms with Crippen molar-refractivity contribution in [3.05, 3.63) is 71.0 Å². The Bertz CT molecular complexity index is 1300. The normalized spacial score (nSPS) is 15.9. The van der Waals surface area contributed by atoms with Crippen molar-refractivity contribution >= 4 is 27.5 Å². The standard InChI is InChI=1S/C31H38N4/c1(3-11-20-35-21-18-24-23-12-4-7-15-27(23)34-30(24)22-35)2-10-19-32-31-25-13-5-8-16-28(25)33-29-17-9-6-14-26(29)31/h4-5,7-8,12-13,15-16,34H,1-3,6,9-11,14,17-22H2,(H,32,33). The minimum absolute atomic E-state index is 1.07. The topological polar surface area (TPSA) is 44.0 Å². The molecule has 0 unspecified atom stereocenters. The summed E-state index contributed by atoms with van der Waals surface area (Å²) in [6.45, 7) is 4.57. The number of para-hydroxylation sites is 2. The van der Waals surface area contributed by atoms with Crippen LogP contribution in [0.4, 0.5) is 5.69 Å². The number of benzene rings is 2. The molecule has 4 heteroatoms. The molecule has 6 rings (SSSR count). The number of nitrogens with one attached hydrogen (secondary N) is 2. The van der Waals surface area contributed by atoms with Crippen LogP contribution >= 0.6 is 0 Å². The number of aryl methyl sites for hydroxylation is 1. The fourth-order valence-corrected chi connectivity index (χ4v) is 6.22. The minimum Gasteiger partial charge on any atom is -0.384 e. The maximum atomic E-state index is 4.97. The van der Waals surface area contributed by atoms with Crippen LogP contribution in [0, 0.1) is 0 Å². The number of hydrogen-bond donors (Lipinski definition) is 2. The summed E-state index contributed by atoms with van der Waals surface area (Å²) in [7, 11) is 0. The molecule has 3 heterocycles. The van der Waals surface area contributed by atoms with Crippen molar-refractivity contribution in [1.82, 2.24) is 14.9 Å². The van der Waals surface area contributed by atoms with E-state index in [-0.39, 0.29) is 0 Å². The molecule has 0 radical (unpaired) electrons. The first-order chi connectivity index (χ1) is 17.4. The first kappa shape index (κ1) is 22.6. The van der Waals surface area contributed by atoms with Crippen molar-refractivity contribution < 1.29 is 0 Å². The summed E-state index contributed by atoms with van der Waals surface area (Å²) in [5, 5.41) is 6.55. The predicted octanol–water partition coefficient (Wildman–Crippen LogP) is 7.02. The molecular formula is C31H38N4. The molecule has 4 nitrogen and oxygen atoms in total. The van der Waals surface area contributed by atoms with Crippen LogP contribution in [0.15, 0.2) is 48.5 Å². The molecule has 0 fully saturated rings. The molecule has 35 heavy (non-hydrogen) atoms. The first-order valence-electron chi connectivity index (χ1n) is 13.8. The second-order valence-corrected chi connectivity index (χ2v) is 10.5. The van der Waals surface area contributed by atoms with Gasteiger partial charge in [-0.15, -0.1) is 0 Å². The molecule has 2 aromatic carbocycles. The third kappa shape index (κ3) is 4.81. The van der Waals surface area contributed by atoms with E-state index in [0.717, 1.165) is 25.0 Å². The summed E-state index contributed by atoms with van der Waals surface area (Å²) in [5.41, 5.74) is 9.61. The molecule has 2 N–H and O–H groups in total. The molecule has 2 aromatic heterocycles. The maximum absolute atomic E-state index is 4.97. The molecule has 1 aliphatic heterocycles. The van der Waals surface area contributed by atoms with Crippen LogP contribution in [-0.4, -0.2) is 34.5 Å². The molecule has 0 spiro atoms. The lowest BCUT2D eigenvalue weighted by Gasteiger charge is -2.26. The van der Waals surface area contributed by atoms with Gasteiger partial charge >= 0.3 is 0 Å². The van der Waals surface area contributed by atoms with Crippen LogP contribution < -0.4 is 5.32 Å². The van der Waals surface area contributed by atoms with Crippen molar-refractivity contribution in [2.45, 2.75) is 70.8 Å². The van der Waals surface area contributed by atoms with Gasteiger partial charge in [-0.25, -0.2) is 0 Å². The van der Waals surface area contributed by atoms with Gasteiger partial charge in [-0.2, -0.15) is 0 Å². The SMILES string of the molecule is c1ccc2c(NCCCCCCCN3CCc4c([nH]c5ccccc45)C3)c3c(nc2c1)CCCC3. The lowest BCUT2D eigenvalue weighted by Crippen LogP contribution is -2.31. The first-order valence-corrected chi connectivity index (χ1v) is 13.8. The highest BCUT2D eigenvalue weighted by Gasteiger charge is 2.20. The largest absolute Gasteiger partial charge is 0.384 e. The number of pyridine rings is 1. The smallest absolute Gasteiger partial charge is 0.0726 e. The monoisotopic (exact) mass is 466 g/mol. The van der Waals surface area contributed by atoms with Crippen LogP contribution in [0.5, 0.6) is 0 Å². The average Bonchev–Trinajstić information content (AvgIpc) is 3.27. The van der Waals surface area contributed by atoms with Crippen LogP contribution in [0.3, 0.4) is 0 Å². The van der Waals surface area contributed by atoms with Crippen LogP contribution in [0.25, 0.3) is 21.8 Å². The van der Waals surface area contributed by atoms with Gasteiger partial charge in [0.1, 0.15) is 0 Å². The van der Waals surface area contributed by atoms with Crippen LogP contribution in [-0.2, 0) is 25.8 Å². The molecule has 0 bridgehead atoms. The summed E-state index contributed by atoms with van der Waals surface area (Å²) in [5.74, 6) is 0. The van der Waals surface area contributed by atoms with Gasteiger partial charge in [-0.1, -0.05) is 55.7 Å². The number of aromatic nitrogens is 2. The van der Waals surface area contributed by atoms with E-state index in [9.17, 15) is 0 Å². The van der Waals surface area contributed by atoms with Crippen LogP contribution in [0.2, 0.25) is 0 Å². The van der Waals surface area contributed by atoms with E-state index in [1.807, 2.05) is 0 Å². The Labute approximate surface area is 209 Å². The Hall–Kier alpha value is -2.85. The number of unbranched alkanes of at least 4 members (excludes halogenated alkanes) is 4. The maximum Gasteiger partial charge on any atom is 0.0726 e. The summed E-state index contributed by atoms with van der Waals surface area (Å²) < 4.78 is 0. The highest BCUT2D eigenvalue weighted by molar-refractivity contribution is 5.93. The van der Waals surface area contributed by atoms with E-state index >= 15 is 0 Å². The number of aromatic amines is 1. The summed E-state index contributed by atoms with van der Waals surface area (Å²) >= 11 is 0. The van der Waals surface area contributed by atoms with Gasteiger partial charge in [-0.3, -0.25) is 9.88 Å². The molecule has 0 saturated carbocycles. The van der Waals surface area contributed by atoms with Crippen LogP contribution in [0.1, 0.15) is 67.5 Å². The van der Waals surface area contributed by atoms with Crippen molar-refractivity contribution in [3.63, 3.8) is 0 Å². The van der Waals surface area contributed by atoms with Gasteiger partial charge in [0.15, 0.2) is 0 Å². The molecule has 0 saturated heterocycles. The van der Waals surface area contributed by atoms with E-state index in [1.165, 1.54) is 110 Å². The van der Waals surface area contributed by atoms with Gasteiger partial charge in [-0.05, 0) is 74.8 Å². The van der Waals surface area contributed by atoms with Gasteiger partial charge in [0.05, 0.1) is 5.52 Å². The van der Waals surface area contributed by atoms with Crippen molar-refractivity contribution in [3.8, 4) is 0 Å². The molecule has 0 atom stereocenters. The molecule has 2 aliphatic rings. The van der Waals surface area contributed by atoms with E-state index in [2.05, 4.69) is 63.7 Å². The predicted molar refractivity (Wildman–Crippen MR) is 147 cm³/mol. The second kappa shape index (κ2) is 10.4. The fraction of sp³-hybridized carbons (Fsp3) is 0.452. The van der Waals surface area contributed by atoms with Crippen molar-refractivity contribution in [2.75, 3.05) is 25.0 Å². The Kier molecular flexibility index (Phi) is 6.72. The van der Waals surface area contributed by atoms with Gasteiger partial charge in [0, 0.05) is 53.0 Å². The van der Waals surface area contributed by atoms with Gasteiger partial charge in [0.2, 0.25) is 0 Å². The van der Waals surface area contributed by atoms with Gasteiger partial charge < -0.3 is 10.3 Å². The number of fused-ring (bicyclic) bond motifs is 5. The molecule has 182 valence electrons. The molecule has 1 aliphatic carbocycles. The average molecular weight is 467 g/mol. The highest BCUT2D eigenvalue weighted by atomic mass is 15.1. The Morgan fingerprint density at radius 2 is 1.60 bits per heavy atom. The van der Waals surface area contributed by atoms with Gasteiger partial charge in [0.25, 0.3) is 0 Å². The minimum atomic E-state index is 1.07. The zero-order valence-corrected chi connectivity index (χ0v) is 20.9. The third-order valence-corrected chi connectivity index (χ3v) is 8.08. The number of H-pyrrole nitrogens is 1. The molecule has 0 amide bonds. The van der Waals surface area contributed by atoms with E-state index in [4.69, 9.17) is 4.98 Å². The number of rotatable bonds is 9. The molecular weight excluding hydrogens is 428 g/mol. The zero-order chi connectivity index (χ0) is 23.5. The number of nitrogens with zero attached hydrogens (tertiary/aromatic N) is 2. The summed E-state index contributed by atoms with van der Waals surface area (Å²) in [6, 6.07) is 17.4. The zero-order valence-electron chi connectivity index (χ0n) is 20.9. The second-order valence-electron chi connectivity index (χ2n) is 10.5. The quantitative estimate of drug-likeness (QED) is 0.261. The fourth-order valence-electron chi connectivity index (χ4n) is 6.22. The summed E-state index contributed by atoms with van der Waals surface area (Å²) in [4.78, 5) is 11.3. The lowest BCUT2D eigenvalue weighted by molar-refractivity contribution is 0.246. The third-order valence-electron chi connectivity index (χ3n) is 8.08. The number of anilines is 1. The Balaban J connectivity index is 0.939. The van der Waals surface area contributed by atoms with E-state index < -0.39 is 0 Å². The Morgan fingerprint density at radius 3 is 2.57 bits per heavy atom. The highest BCUT2D eigenvalue weighted by Crippen LogP contribution is 2.33. The van der Waals surface area contributed by atoms with Crippen molar-refractivity contribution in [1.29, 1.82) is 0 Å². The van der Waals surface area contributed by atoms with E-state index in [1.54, 1.807) is 5.56 Å². The van der Waals surface area contributed by atoms with E-state index in [0.29, 0.717) is 0 Å². The molecule has 4 aromatic rings. The lowest BCUT2D eigenvalue weighted by atomic mass is 9.92.